The van der Waals surface area contributed by atoms with Crippen molar-refractivity contribution >= 4 is 17.5 Å². The average Bonchev–Trinajstić information content (AvgIpc) is 2.92. The van der Waals surface area contributed by atoms with Crippen LogP contribution in [-0.4, -0.2) is 65.9 Å². The van der Waals surface area contributed by atoms with E-state index in [-0.39, 0.29) is 56.2 Å². The lowest BCUT2D eigenvalue weighted by atomic mass is 9.94. The summed E-state index contributed by atoms with van der Waals surface area (Å²) < 4.78 is 12.0. The van der Waals surface area contributed by atoms with Gasteiger partial charge in [-0.3, -0.25) is 9.59 Å². The Balaban J connectivity index is 1.20. The third-order valence-corrected chi connectivity index (χ3v) is 6.95. The molecule has 0 unspecified atom stereocenters. The summed E-state index contributed by atoms with van der Waals surface area (Å²) in [5.74, 6) is -0.245. The van der Waals surface area contributed by atoms with E-state index in [0.717, 1.165) is 16.8 Å². The molecule has 2 amide bonds. The fourth-order valence-corrected chi connectivity index (χ4v) is 5.12. The van der Waals surface area contributed by atoms with E-state index in [4.69, 9.17) is 9.47 Å². The standard InChI is InChI=1S/C30H32N2O5/c33-25-18-32(30(35)23-9-5-2-6-10-23)27-16-15-26(37-28(27)20-36-19-25)17-29(34)31-24-13-11-22(12-14-24)21-7-3-1-4-8-21/h1-14,25-28,33H,15-20H2,(H,31,34)/t25-,26-,27-,28+/m0/s1. The van der Waals surface area contributed by atoms with Crippen molar-refractivity contribution in [3.05, 3.63) is 90.5 Å². The van der Waals surface area contributed by atoms with Gasteiger partial charge in [-0.05, 0) is 48.2 Å². The van der Waals surface area contributed by atoms with E-state index in [1.54, 1.807) is 17.0 Å². The number of benzene rings is 3. The summed E-state index contributed by atoms with van der Waals surface area (Å²) in [6.07, 6.45) is 0.131. The second-order valence-electron chi connectivity index (χ2n) is 9.65. The van der Waals surface area contributed by atoms with Gasteiger partial charge in [0.2, 0.25) is 5.91 Å². The van der Waals surface area contributed by atoms with Crippen LogP contribution in [0.15, 0.2) is 84.9 Å². The first-order valence-electron chi connectivity index (χ1n) is 12.8. The molecule has 3 aromatic carbocycles. The topological polar surface area (TPSA) is 88.1 Å². The molecule has 7 nitrogen and oxygen atoms in total. The van der Waals surface area contributed by atoms with Gasteiger partial charge >= 0.3 is 0 Å². The molecule has 2 aliphatic heterocycles. The summed E-state index contributed by atoms with van der Waals surface area (Å²) in [6.45, 7) is 0.580. The molecule has 2 saturated heterocycles. The predicted octanol–water partition coefficient (Wildman–Crippen LogP) is 4.13. The number of anilines is 1. The maximum Gasteiger partial charge on any atom is 0.254 e. The van der Waals surface area contributed by atoms with Crippen LogP contribution < -0.4 is 5.32 Å². The summed E-state index contributed by atoms with van der Waals surface area (Å²) in [5, 5.41) is 13.3. The normalized spacial score (nSPS) is 23.9. The number of ether oxygens (including phenoxy) is 2. The van der Waals surface area contributed by atoms with Crippen LogP contribution in [0, 0.1) is 0 Å². The van der Waals surface area contributed by atoms with Gasteiger partial charge in [-0.25, -0.2) is 0 Å². The largest absolute Gasteiger partial charge is 0.389 e. The zero-order chi connectivity index (χ0) is 25.6. The SMILES string of the molecule is O=C(C[C@@H]1CC[C@H]2[C@@H](COC[C@@H](O)CN2C(=O)c2ccccc2)O1)Nc1ccc(-c2ccccc2)cc1. The highest BCUT2D eigenvalue weighted by atomic mass is 16.5. The number of hydrogen-bond donors (Lipinski definition) is 2. The van der Waals surface area contributed by atoms with Crippen LogP contribution in [0.5, 0.6) is 0 Å². The zero-order valence-corrected chi connectivity index (χ0v) is 20.7. The molecule has 37 heavy (non-hydrogen) atoms. The van der Waals surface area contributed by atoms with Gasteiger partial charge < -0.3 is 24.8 Å². The van der Waals surface area contributed by atoms with Crippen molar-refractivity contribution in [3.63, 3.8) is 0 Å². The highest BCUT2D eigenvalue weighted by molar-refractivity contribution is 5.94. The maximum atomic E-state index is 13.3. The molecular formula is C30H32N2O5. The Morgan fingerprint density at radius 2 is 1.54 bits per heavy atom. The smallest absolute Gasteiger partial charge is 0.254 e. The van der Waals surface area contributed by atoms with E-state index in [0.29, 0.717) is 18.4 Å². The van der Waals surface area contributed by atoms with Crippen molar-refractivity contribution in [2.45, 2.75) is 43.6 Å². The van der Waals surface area contributed by atoms with Gasteiger partial charge in [0.05, 0.1) is 37.9 Å². The number of hydrogen-bond acceptors (Lipinski definition) is 5. The number of β-amino-alcohol motifs (C(OH)–C–C–N with tert-alkyl or cyclic N) is 1. The zero-order valence-electron chi connectivity index (χ0n) is 20.7. The summed E-state index contributed by atoms with van der Waals surface area (Å²) in [4.78, 5) is 27.8. The molecule has 3 aromatic rings. The summed E-state index contributed by atoms with van der Waals surface area (Å²) in [7, 11) is 0. The van der Waals surface area contributed by atoms with Gasteiger partial charge in [0, 0.05) is 17.8 Å². The van der Waals surface area contributed by atoms with Crippen molar-refractivity contribution in [2.24, 2.45) is 0 Å². The van der Waals surface area contributed by atoms with E-state index in [1.165, 1.54) is 0 Å². The monoisotopic (exact) mass is 500 g/mol. The summed E-state index contributed by atoms with van der Waals surface area (Å²) in [5.41, 5.74) is 3.53. The number of carbonyl (C=O) groups is 2. The first-order chi connectivity index (χ1) is 18.1. The number of nitrogens with zero attached hydrogens (tertiary/aromatic N) is 1. The number of amides is 2. The molecule has 5 rings (SSSR count). The molecule has 0 radical (unpaired) electrons. The van der Waals surface area contributed by atoms with E-state index < -0.39 is 6.10 Å². The second kappa shape index (κ2) is 11.7. The van der Waals surface area contributed by atoms with Crippen molar-refractivity contribution < 1.29 is 24.2 Å². The molecule has 2 fully saturated rings. The highest BCUT2D eigenvalue weighted by Crippen LogP contribution is 2.29. The fourth-order valence-electron chi connectivity index (χ4n) is 5.12. The third-order valence-electron chi connectivity index (χ3n) is 6.95. The van der Waals surface area contributed by atoms with E-state index in [9.17, 15) is 14.7 Å². The number of fused-ring (bicyclic) bond motifs is 1. The average molecular weight is 501 g/mol. The Labute approximate surface area is 217 Å². The van der Waals surface area contributed by atoms with Gasteiger partial charge in [-0.1, -0.05) is 60.7 Å². The number of aliphatic hydroxyl groups excluding tert-OH is 1. The van der Waals surface area contributed by atoms with Gasteiger partial charge in [0.15, 0.2) is 0 Å². The first-order valence-corrected chi connectivity index (χ1v) is 12.8. The Kier molecular flexibility index (Phi) is 7.94. The Morgan fingerprint density at radius 3 is 2.27 bits per heavy atom. The molecule has 0 aliphatic carbocycles. The lowest BCUT2D eigenvalue weighted by molar-refractivity contribution is -0.149. The van der Waals surface area contributed by atoms with Crippen LogP contribution >= 0.6 is 0 Å². The quantitative estimate of drug-likeness (QED) is 0.550. The van der Waals surface area contributed by atoms with Crippen LogP contribution in [0.2, 0.25) is 0 Å². The molecule has 2 heterocycles. The van der Waals surface area contributed by atoms with Crippen molar-refractivity contribution in [2.75, 3.05) is 25.1 Å². The van der Waals surface area contributed by atoms with Crippen LogP contribution in [0.25, 0.3) is 11.1 Å². The molecule has 4 atom stereocenters. The minimum absolute atomic E-state index is 0.115. The molecular weight excluding hydrogens is 468 g/mol. The minimum atomic E-state index is -0.759. The molecule has 192 valence electrons. The molecule has 7 heteroatoms. The summed E-state index contributed by atoms with van der Waals surface area (Å²) in [6, 6.07) is 26.7. The van der Waals surface area contributed by atoms with Crippen molar-refractivity contribution in [1.29, 1.82) is 0 Å². The van der Waals surface area contributed by atoms with Gasteiger partial charge in [-0.15, -0.1) is 0 Å². The molecule has 0 aromatic heterocycles. The maximum absolute atomic E-state index is 13.3. The van der Waals surface area contributed by atoms with Crippen molar-refractivity contribution in [1.82, 2.24) is 4.90 Å². The highest BCUT2D eigenvalue weighted by Gasteiger charge is 2.40. The van der Waals surface area contributed by atoms with Gasteiger partial charge in [0.1, 0.15) is 6.10 Å². The van der Waals surface area contributed by atoms with E-state index in [1.807, 2.05) is 60.7 Å². The predicted molar refractivity (Wildman–Crippen MR) is 141 cm³/mol. The molecule has 0 saturated carbocycles. The van der Waals surface area contributed by atoms with Crippen LogP contribution in [0.1, 0.15) is 29.6 Å². The number of nitrogens with one attached hydrogen (secondary N) is 1. The Bertz CT molecular complexity index is 1190. The van der Waals surface area contributed by atoms with Crippen LogP contribution in [-0.2, 0) is 14.3 Å². The second-order valence-corrected chi connectivity index (χ2v) is 9.65. The Morgan fingerprint density at radius 1 is 0.865 bits per heavy atom. The number of rotatable bonds is 5. The Hall–Kier alpha value is -3.52. The lowest BCUT2D eigenvalue weighted by Gasteiger charge is -2.44. The third kappa shape index (κ3) is 6.25. The number of carbonyl (C=O) groups excluding carboxylic acids is 2. The van der Waals surface area contributed by atoms with Crippen LogP contribution in [0.3, 0.4) is 0 Å². The lowest BCUT2D eigenvalue weighted by Crippen LogP contribution is -2.57. The number of aliphatic hydroxyl groups is 1. The van der Waals surface area contributed by atoms with Gasteiger partial charge in [-0.2, -0.15) is 0 Å². The molecule has 0 bridgehead atoms. The van der Waals surface area contributed by atoms with E-state index >= 15 is 0 Å². The molecule has 2 N–H and O–H groups in total. The molecule has 0 spiro atoms. The first kappa shape index (κ1) is 25.1. The van der Waals surface area contributed by atoms with E-state index in [2.05, 4.69) is 17.4 Å². The van der Waals surface area contributed by atoms with Crippen LogP contribution in [0.4, 0.5) is 5.69 Å². The van der Waals surface area contributed by atoms with Crippen molar-refractivity contribution in [3.8, 4) is 11.1 Å². The fraction of sp³-hybridized carbons (Fsp3) is 0.333. The summed E-state index contributed by atoms with van der Waals surface area (Å²) >= 11 is 0. The molecule has 2 aliphatic rings. The van der Waals surface area contributed by atoms with Gasteiger partial charge in [0.25, 0.3) is 5.91 Å². The minimum Gasteiger partial charge on any atom is -0.389 e.